The standard InChI is InChI=1S/C21H20N2O2/c1-24-21-13-12-17(15-22-23-19-8-4-2-5-9-19)14-18(21)16-25-20-10-6-3-7-11-20/h2-15,23H,16H2,1H3. The van der Waals surface area contributed by atoms with Crippen LogP contribution in [0, 0.1) is 0 Å². The van der Waals surface area contributed by atoms with Gasteiger partial charge in [-0.2, -0.15) is 5.10 Å². The summed E-state index contributed by atoms with van der Waals surface area (Å²) in [5.41, 5.74) is 5.89. The van der Waals surface area contributed by atoms with Crippen molar-refractivity contribution in [3.8, 4) is 11.5 Å². The molecule has 0 aliphatic heterocycles. The molecule has 4 heteroatoms. The van der Waals surface area contributed by atoms with E-state index < -0.39 is 0 Å². The van der Waals surface area contributed by atoms with Crippen LogP contribution in [0.15, 0.2) is 84.0 Å². The van der Waals surface area contributed by atoms with E-state index in [4.69, 9.17) is 9.47 Å². The molecule has 3 aromatic carbocycles. The summed E-state index contributed by atoms with van der Waals surface area (Å²) in [6, 6.07) is 25.4. The van der Waals surface area contributed by atoms with Crippen LogP contribution in [0.25, 0.3) is 0 Å². The molecule has 3 aromatic rings. The summed E-state index contributed by atoms with van der Waals surface area (Å²) in [6.45, 7) is 0.432. The van der Waals surface area contributed by atoms with Gasteiger partial charge in [-0.25, -0.2) is 0 Å². The van der Waals surface area contributed by atoms with Crippen molar-refractivity contribution in [3.63, 3.8) is 0 Å². The van der Waals surface area contributed by atoms with Crippen LogP contribution in [0.4, 0.5) is 5.69 Å². The highest BCUT2D eigenvalue weighted by molar-refractivity contribution is 5.81. The predicted molar refractivity (Wildman–Crippen MR) is 101 cm³/mol. The molecule has 0 aromatic heterocycles. The first kappa shape index (κ1) is 16.6. The van der Waals surface area contributed by atoms with Crippen molar-refractivity contribution in [2.75, 3.05) is 12.5 Å². The van der Waals surface area contributed by atoms with E-state index in [1.807, 2.05) is 78.9 Å². The number of hydrogen-bond acceptors (Lipinski definition) is 4. The number of nitrogens with zero attached hydrogens (tertiary/aromatic N) is 1. The van der Waals surface area contributed by atoms with Gasteiger partial charge in [-0.3, -0.25) is 5.43 Å². The summed E-state index contributed by atoms with van der Waals surface area (Å²) in [7, 11) is 1.66. The molecule has 3 rings (SSSR count). The predicted octanol–water partition coefficient (Wildman–Crippen LogP) is 4.72. The fourth-order valence-electron chi connectivity index (χ4n) is 2.36. The van der Waals surface area contributed by atoms with Crippen LogP contribution in [0.5, 0.6) is 11.5 Å². The van der Waals surface area contributed by atoms with Crippen LogP contribution in [0.1, 0.15) is 11.1 Å². The molecule has 0 amide bonds. The Morgan fingerprint density at radius 2 is 1.64 bits per heavy atom. The smallest absolute Gasteiger partial charge is 0.125 e. The number of anilines is 1. The monoisotopic (exact) mass is 332 g/mol. The first-order valence-corrected chi connectivity index (χ1v) is 8.04. The summed E-state index contributed by atoms with van der Waals surface area (Å²) >= 11 is 0. The first-order valence-electron chi connectivity index (χ1n) is 8.04. The zero-order chi connectivity index (χ0) is 17.3. The molecule has 4 nitrogen and oxygen atoms in total. The first-order chi connectivity index (χ1) is 12.3. The van der Waals surface area contributed by atoms with Crippen LogP contribution in [0.3, 0.4) is 0 Å². The molecule has 0 saturated carbocycles. The van der Waals surface area contributed by atoms with Crippen LogP contribution in [-0.4, -0.2) is 13.3 Å². The second-order valence-corrected chi connectivity index (χ2v) is 5.41. The summed E-state index contributed by atoms with van der Waals surface area (Å²) in [6.07, 6.45) is 1.78. The number of rotatable bonds is 7. The van der Waals surface area contributed by atoms with Crippen LogP contribution < -0.4 is 14.9 Å². The molecule has 25 heavy (non-hydrogen) atoms. The van der Waals surface area contributed by atoms with Gasteiger partial charge < -0.3 is 9.47 Å². The van der Waals surface area contributed by atoms with E-state index in [1.165, 1.54) is 0 Å². The average Bonchev–Trinajstić information content (AvgIpc) is 2.68. The SMILES string of the molecule is COc1ccc(C=NNc2ccccc2)cc1COc1ccccc1. The number of methoxy groups -OCH3 is 1. The van der Waals surface area contributed by atoms with E-state index in [2.05, 4.69) is 10.5 Å². The van der Waals surface area contributed by atoms with E-state index in [-0.39, 0.29) is 0 Å². The minimum absolute atomic E-state index is 0.432. The van der Waals surface area contributed by atoms with Gasteiger partial charge in [0, 0.05) is 5.56 Å². The van der Waals surface area contributed by atoms with Crippen molar-refractivity contribution in [1.29, 1.82) is 0 Å². The quantitative estimate of drug-likeness (QED) is 0.503. The molecule has 0 unspecified atom stereocenters. The molecule has 1 N–H and O–H groups in total. The highest BCUT2D eigenvalue weighted by Crippen LogP contribution is 2.21. The Balaban J connectivity index is 1.68. The lowest BCUT2D eigenvalue weighted by Crippen LogP contribution is -2.00. The van der Waals surface area contributed by atoms with Crippen LogP contribution in [-0.2, 0) is 6.61 Å². The maximum atomic E-state index is 5.82. The summed E-state index contributed by atoms with van der Waals surface area (Å²) in [4.78, 5) is 0. The Kier molecular flexibility index (Phi) is 5.67. The Morgan fingerprint density at radius 1 is 0.920 bits per heavy atom. The molecule has 0 spiro atoms. The molecule has 0 heterocycles. The topological polar surface area (TPSA) is 42.8 Å². The van der Waals surface area contributed by atoms with Gasteiger partial charge in [0.1, 0.15) is 18.1 Å². The Morgan fingerprint density at radius 3 is 2.36 bits per heavy atom. The van der Waals surface area contributed by atoms with E-state index in [0.717, 1.165) is 28.3 Å². The van der Waals surface area contributed by atoms with Crippen LogP contribution in [0.2, 0.25) is 0 Å². The molecule has 0 saturated heterocycles. The van der Waals surface area contributed by atoms with Crippen molar-refractivity contribution in [1.82, 2.24) is 0 Å². The zero-order valence-corrected chi connectivity index (χ0v) is 14.1. The van der Waals surface area contributed by atoms with Gasteiger partial charge in [-0.15, -0.1) is 0 Å². The van der Waals surface area contributed by atoms with Gasteiger partial charge in [0.2, 0.25) is 0 Å². The van der Waals surface area contributed by atoms with Crippen molar-refractivity contribution < 1.29 is 9.47 Å². The summed E-state index contributed by atoms with van der Waals surface area (Å²) in [5.74, 6) is 1.62. The second-order valence-electron chi connectivity index (χ2n) is 5.41. The highest BCUT2D eigenvalue weighted by Gasteiger charge is 2.05. The minimum Gasteiger partial charge on any atom is -0.496 e. The van der Waals surface area contributed by atoms with Gasteiger partial charge in [-0.1, -0.05) is 36.4 Å². The van der Waals surface area contributed by atoms with Crippen molar-refractivity contribution in [3.05, 3.63) is 90.0 Å². The molecule has 126 valence electrons. The van der Waals surface area contributed by atoms with Gasteiger partial charge in [-0.05, 0) is 48.0 Å². The molecule has 0 bridgehead atoms. The number of hydrazone groups is 1. The van der Waals surface area contributed by atoms with Gasteiger partial charge in [0.15, 0.2) is 0 Å². The number of benzene rings is 3. The normalized spacial score (nSPS) is 10.6. The zero-order valence-electron chi connectivity index (χ0n) is 14.1. The van der Waals surface area contributed by atoms with Gasteiger partial charge in [0.25, 0.3) is 0 Å². The lowest BCUT2D eigenvalue weighted by atomic mass is 10.1. The Bertz CT molecular complexity index is 818. The van der Waals surface area contributed by atoms with Crippen molar-refractivity contribution in [2.45, 2.75) is 6.61 Å². The average molecular weight is 332 g/mol. The second kappa shape index (κ2) is 8.55. The maximum absolute atomic E-state index is 5.82. The summed E-state index contributed by atoms with van der Waals surface area (Å²) < 4.78 is 11.2. The molecule has 0 radical (unpaired) electrons. The lowest BCUT2D eigenvalue weighted by Gasteiger charge is -2.11. The number of hydrogen-bond donors (Lipinski definition) is 1. The van der Waals surface area contributed by atoms with E-state index in [0.29, 0.717) is 6.61 Å². The lowest BCUT2D eigenvalue weighted by molar-refractivity contribution is 0.296. The van der Waals surface area contributed by atoms with Crippen molar-refractivity contribution in [2.24, 2.45) is 5.10 Å². The number of para-hydroxylation sites is 2. The largest absolute Gasteiger partial charge is 0.496 e. The Labute approximate surface area is 147 Å². The van der Waals surface area contributed by atoms with Gasteiger partial charge in [0.05, 0.1) is 19.0 Å². The third-order valence-electron chi connectivity index (χ3n) is 3.62. The Hall–Kier alpha value is -3.27. The summed E-state index contributed by atoms with van der Waals surface area (Å²) in [5, 5.41) is 4.27. The molecule has 0 fully saturated rings. The van der Waals surface area contributed by atoms with E-state index in [9.17, 15) is 0 Å². The molecule has 0 aliphatic carbocycles. The molecule has 0 aliphatic rings. The molecular weight excluding hydrogens is 312 g/mol. The highest BCUT2D eigenvalue weighted by atomic mass is 16.5. The minimum atomic E-state index is 0.432. The molecular formula is C21H20N2O2. The van der Waals surface area contributed by atoms with E-state index >= 15 is 0 Å². The van der Waals surface area contributed by atoms with Crippen molar-refractivity contribution >= 4 is 11.9 Å². The fraction of sp³-hybridized carbons (Fsp3) is 0.0952. The van der Waals surface area contributed by atoms with Gasteiger partial charge >= 0.3 is 0 Å². The number of ether oxygens (including phenoxy) is 2. The third kappa shape index (κ3) is 4.85. The molecule has 0 atom stereocenters. The maximum Gasteiger partial charge on any atom is 0.125 e. The fourth-order valence-corrected chi connectivity index (χ4v) is 2.36. The van der Waals surface area contributed by atoms with E-state index in [1.54, 1.807) is 13.3 Å². The number of nitrogens with one attached hydrogen (secondary N) is 1. The van der Waals surface area contributed by atoms with Crippen LogP contribution >= 0.6 is 0 Å². The third-order valence-corrected chi connectivity index (χ3v) is 3.62.